The molecule has 0 fully saturated rings. The van der Waals surface area contributed by atoms with Crippen molar-refractivity contribution in [2.75, 3.05) is 26.4 Å². The summed E-state index contributed by atoms with van der Waals surface area (Å²) >= 11 is 0. The van der Waals surface area contributed by atoms with Gasteiger partial charge in [0.05, 0.1) is 25.2 Å². The van der Waals surface area contributed by atoms with Crippen LogP contribution >= 0.6 is 0 Å². The molecule has 6 N–H and O–H groups in total. The van der Waals surface area contributed by atoms with Crippen LogP contribution in [-0.2, 0) is 24.0 Å². The Labute approximate surface area is 184 Å². The number of carbonyl (C=O) groups excluding carboxylic acids is 2. The van der Waals surface area contributed by atoms with E-state index in [9.17, 15) is 14.4 Å². The number of aliphatic hydroxyl groups is 3. The molecule has 10 nitrogen and oxygen atoms in total. The molecule has 0 saturated carbocycles. The second-order valence-corrected chi connectivity index (χ2v) is 7.54. The van der Waals surface area contributed by atoms with Crippen molar-refractivity contribution in [2.45, 2.75) is 71.1 Å². The van der Waals surface area contributed by atoms with Crippen molar-refractivity contribution in [3.05, 3.63) is 12.2 Å². The number of hydrogen-bond donors (Lipinski definition) is 5. The van der Waals surface area contributed by atoms with Gasteiger partial charge in [-0.3, -0.25) is 9.59 Å². The van der Waals surface area contributed by atoms with Gasteiger partial charge in [0.25, 0.3) is 0 Å². The molecule has 0 aliphatic heterocycles. The van der Waals surface area contributed by atoms with Crippen LogP contribution in [0.3, 0.4) is 0 Å². The number of esters is 1. The van der Waals surface area contributed by atoms with Crippen LogP contribution in [0.5, 0.6) is 0 Å². The maximum absolute atomic E-state index is 11.0. The van der Waals surface area contributed by atoms with E-state index >= 15 is 0 Å². The van der Waals surface area contributed by atoms with Gasteiger partial charge in [-0.25, -0.2) is 4.79 Å². The second kappa shape index (κ2) is 19.9. The molecule has 0 aliphatic rings. The van der Waals surface area contributed by atoms with Gasteiger partial charge in [-0.15, -0.1) is 0 Å². The molecule has 0 atom stereocenters. The van der Waals surface area contributed by atoms with E-state index in [1.54, 1.807) is 0 Å². The van der Waals surface area contributed by atoms with Gasteiger partial charge in [-0.1, -0.05) is 45.1 Å². The zero-order chi connectivity index (χ0) is 24.1. The van der Waals surface area contributed by atoms with Gasteiger partial charge in [0.15, 0.2) is 0 Å². The Bertz CT molecular complexity index is 511. The Morgan fingerprint density at radius 3 is 1.61 bits per heavy atom. The zero-order valence-electron chi connectivity index (χ0n) is 18.5. The average Bonchev–Trinajstić information content (AvgIpc) is 2.76. The van der Waals surface area contributed by atoms with Crippen molar-refractivity contribution in [3.8, 4) is 0 Å². The fourth-order valence-corrected chi connectivity index (χ4v) is 2.29. The van der Waals surface area contributed by atoms with Gasteiger partial charge < -0.3 is 30.0 Å². The van der Waals surface area contributed by atoms with Gasteiger partial charge in [0.1, 0.15) is 6.61 Å². The quantitative estimate of drug-likeness (QED) is 0.0945. The zero-order valence-corrected chi connectivity index (χ0v) is 18.5. The first-order valence-electron chi connectivity index (χ1n) is 10.4. The van der Waals surface area contributed by atoms with E-state index in [2.05, 4.69) is 11.4 Å². The van der Waals surface area contributed by atoms with Gasteiger partial charge in [0.2, 0.25) is 0 Å². The number of rotatable bonds is 17. The molecular weight excluding hydrogens is 410 g/mol. The molecule has 0 bridgehead atoms. The molecule has 31 heavy (non-hydrogen) atoms. The minimum Gasteiger partial charge on any atom is -0.481 e. The Kier molecular flexibility index (Phi) is 20.0. The Morgan fingerprint density at radius 1 is 0.839 bits per heavy atom. The molecule has 0 rings (SSSR count). The van der Waals surface area contributed by atoms with Gasteiger partial charge in [0, 0.05) is 18.4 Å². The third-order valence-electron chi connectivity index (χ3n) is 4.52. The fraction of sp³-hybridized carbons (Fsp3) is 0.762. The SMILES string of the molecule is C=C(C)C(=O)OCC(CO)(CO)CO.NOC(=O)CCCCCCCCCCC(=O)O. The third-order valence-corrected chi connectivity index (χ3v) is 4.52. The number of carbonyl (C=O) groups is 3. The Morgan fingerprint density at radius 2 is 1.26 bits per heavy atom. The summed E-state index contributed by atoms with van der Waals surface area (Å²) in [7, 11) is 0. The first-order valence-corrected chi connectivity index (χ1v) is 10.4. The molecule has 0 aromatic carbocycles. The van der Waals surface area contributed by atoms with Gasteiger partial charge >= 0.3 is 17.9 Å². The number of nitrogens with two attached hydrogens (primary N) is 1. The lowest BCUT2D eigenvalue weighted by Gasteiger charge is -2.26. The number of carboxylic acid groups (broad SMARTS) is 1. The third kappa shape index (κ3) is 18.5. The molecular formula is C21H39NO9. The van der Waals surface area contributed by atoms with E-state index in [0.29, 0.717) is 6.42 Å². The molecule has 0 heterocycles. The van der Waals surface area contributed by atoms with Crippen LogP contribution in [0.4, 0.5) is 0 Å². The summed E-state index contributed by atoms with van der Waals surface area (Å²) in [5.41, 5.74) is -0.946. The maximum Gasteiger partial charge on any atom is 0.333 e. The molecule has 0 saturated heterocycles. The maximum atomic E-state index is 11.0. The summed E-state index contributed by atoms with van der Waals surface area (Å²) in [5, 5.41) is 35.1. The molecule has 0 aliphatic carbocycles. The molecule has 0 aromatic heterocycles. The summed E-state index contributed by atoms with van der Waals surface area (Å²) < 4.78 is 4.72. The molecule has 0 unspecified atom stereocenters. The highest BCUT2D eigenvalue weighted by Gasteiger charge is 2.30. The molecule has 10 heteroatoms. The van der Waals surface area contributed by atoms with Crippen molar-refractivity contribution in [1.29, 1.82) is 0 Å². The molecule has 0 amide bonds. The standard InChI is InChI=1S/C12H23NO4.C9H16O5/c13-17-12(16)10-8-6-4-2-1-3-5-7-9-11(14)15;1-7(2)8(13)14-6-9(3-10,4-11)5-12/h1-10,13H2,(H,14,15);10-12H,1,3-6H2,2H3. The molecule has 0 aromatic rings. The monoisotopic (exact) mass is 449 g/mol. The number of hydrogen-bond acceptors (Lipinski definition) is 9. The minimum atomic E-state index is -1.18. The highest BCUT2D eigenvalue weighted by molar-refractivity contribution is 5.86. The van der Waals surface area contributed by atoms with Crippen LogP contribution in [0.2, 0.25) is 0 Å². The van der Waals surface area contributed by atoms with Crippen molar-refractivity contribution in [2.24, 2.45) is 11.3 Å². The summed E-state index contributed by atoms with van der Waals surface area (Å²) in [6.07, 6.45) is 8.78. The second-order valence-electron chi connectivity index (χ2n) is 7.54. The number of ether oxygens (including phenoxy) is 1. The topological polar surface area (TPSA) is 177 Å². The number of unbranched alkanes of at least 4 members (excludes halogenated alkanes) is 7. The van der Waals surface area contributed by atoms with Crippen LogP contribution in [-0.4, -0.2) is 64.8 Å². The Balaban J connectivity index is 0. The lowest BCUT2D eigenvalue weighted by atomic mass is 9.93. The Hall–Kier alpha value is -2.01. The highest BCUT2D eigenvalue weighted by atomic mass is 16.7. The summed E-state index contributed by atoms with van der Waals surface area (Å²) in [4.78, 5) is 35.9. The number of carboxylic acids is 1. The van der Waals surface area contributed by atoms with Crippen LogP contribution in [0.15, 0.2) is 12.2 Å². The molecule has 0 radical (unpaired) electrons. The fourth-order valence-electron chi connectivity index (χ4n) is 2.29. The number of aliphatic carboxylic acids is 1. The summed E-state index contributed by atoms with van der Waals surface area (Å²) in [5.74, 6) is 3.04. The first kappa shape index (κ1) is 31.2. The normalized spacial score (nSPS) is 10.6. The van der Waals surface area contributed by atoms with E-state index in [0.717, 1.165) is 51.4 Å². The van der Waals surface area contributed by atoms with Gasteiger partial charge in [-0.2, -0.15) is 5.90 Å². The van der Waals surface area contributed by atoms with Crippen LogP contribution < -0.4 is 5.90 Å². The lowest BCUT2D eigenvalue weighted by Crippen LogP contribution is -2.39. The summed E-state index contributed by atoms with van der Waals surface area (Å²) in [6.45, 7) is 3.26. The average molecular weight is 450 g/mol. The highest BCUT2D eigenvalue weighted by Crippen LogP contribution is 2.15. The van der Waals surface area contributed by atoms with Crippen LogP contribution in [0.25, 0.3) is 0 Å². The predicted molar refractivity (Wildman–Crippen MR) is 114 cm³/mol. The van der Waals surface area contributed by atoms with Crippen molar-refractivity contribution in [3.63, 3.8) is 0 Å². The first-order chi connectivity index (χ1) is 14.7. The van der Waals surface area contributed by atoms with E-state index in [1.807, 2.05) is 0 Å². The van der Waals surface area contributed by atoms with Crippen LogP contribution in [0, 0.1) is 5.41 Å². The van der Waals surface area contributed by atoms with Crippen molar-refractivity contribution >= 4 is 17.9 Å². The predicted octanol–water partition coefficient (Wildman–Crippen LogP) is 1.46. The van der Waals surface area contributed by atoms with E-state index in [-0.39, 0.29) is 24.6 Å². The summed E-state index contributed by atoms with van der Waals surface area (Å²) in [6, 6.07) is 0. The van der Waals surface area contributed by atoms with Gasteiger partial charge in [-0.05, 0) is 19.8 Å². The van der Waals surface area contributed by atoms with Crippen molar-refractivity contribution in [1.82, 2.24) is 0 Å². The largest absolute Gasteiger partial charge is 0.481 e. The van der Waals surface area contributed by atoms with E-state index in [1.165, 1.54) is 6.92 Å². The number of aliphatic hydroxyl groups excluding tert-OH is 3. The van der Waals surface area contributed by atoms with Crippen LogP contribution in [0.1, 0.15) is 71.1 Å². The smallest absolute Gasteiger partial charge is 0.333 e. The lowest BCUT2D eigenvalue weighted by molar-refractivity contribution is -0.147. The molecule has 0 spiro atoms. The van der Waals surface area contributed by atoms with E-state index in [4.69, 9.17) is 31.1 Å². The van der Waals surface area contributed by atoms with Crippen molar-refractivity contribution < 1.29 is 44.4 Å². The molecule has 182 valence electrons. The van der Waals surface area contributed by atoms with E-state index < -0.39 is 37.2 Å². The minimum absolute atomic E-state index is 0.229.